The summed E-state index contributed by atoms with van der Waals surface area (Å²) in [5.74, 6) is -0.358. The number of benzene rings is 2. The third-order valence-corrected chi connectivity index (χ3v) is 6.78. The molecular weight excluding hydrogens is 434 g/mol. The number of amidine groups is 1. The standard InChI is InChI=1S/C25H27N5O2S/c1-5-28(6-2)19-14-12-18(13-15-19)16-21-23(31)29(25(26)33-21)22-17(3)27(4)30(24(22)32)20-10-8-7-9-11-20/h7-16,26H,5-6H2,1-4H3. The van der Waals surface area contributed by atoms with Gasteiger partial charge in [0.15, 0.2) is 5.17 Å². The fourth-order valence-electron chi connectivity index (χ4n) is 4.02. The van der Waals surface area contributed by atoms with Gasteiger partial charge in [0, 0.05) is 25.8 Å². The maximum atomic E-state index is 13.3. The Labute approximate surface area is 197 Å². The average molecular weight is 462 g/mol. The lowest BCUT2D eigenvalue weighted by molar-refractivity contribution is -0.113. The van der Waals surface area contributed by atoms with Crippen LogP contribution in [0.2, 0.25) is 0 Å². The van der Waals surface area contributed by atoms with Gasteiger partial charge in [0.05, 0.1) is 16.3 Å². The first-order chi connectivity index (χ1) is 15.9. The molecule has 0 radical (unpaired) electrons. The number of carbonyl (C=O) groups is 1. The van der Waals surface area contributed by atoms with Crippen molar-refractivity contribution in [3.63, 3.8) is 0 Å². The minimum Gasteiger partial charge on any atom is -0.372 e. The van der Waals surface area contributed by atoms with Gasteiger partial charge in [0.2, 0.25) is 0 Å². The maximum Gasteiger partial charge on any atom is 0.296 e. The molecule has 0 aliphatic carbocycles. The summed E-state index contributed by atoms with van der Waals surface area (Å²) in [6, 6.07) is 17.3. The highest BCUT2D eigenvalue weighted by molar-refractivity contribution is 8.19. The number of hydrogen-bond acceptors (Lipinski definition) is 5. The quantitative estimate of drug-likeness (QED) is 0.553. The molecule has 0 atom stereocenters. The van der Waals surface area contributed by atoms with Crippen molar-refractivity contribution in [2.24, 2.45) is 7.05 Å². The lowest BCUT2D eigenvalue weighted by Gasteiger charge is -2.20. The number of hydrogen-bond donors (Lipinski definition) is 1. The molecule has 1 fully saturated rings. The van der Waals surface area contributed by atoms with Gasteiger partial charge in [0.25, 0.3) is 11.5 Å². The number of aromatic nitrogens is 2. The van der Waals surface area contributed by atoms with Gasteiger partial charge in [-0.25, -0.2) is 9.58 Å². The first-order valence-corrected chi connectivity index (χ1v) is 11.7. The van der Waals surface area contributed by atoms with E-state index in [-0.39, 0.29) is 22.3 Å². The molecule has 8 heteroatoms. The van der Waals surface area contributed by atoms with Gasteiger partial charge in [-0.05, 0) is 68.4 Å². The number of thioether (sulfide) groups is 1. The van der Waals surface area contributed by atoms with Crippen molar-refractivity contribution in [2.45, 2.75) is 20.8 Å². The molecule has 170 valence electrons. The molecule has 33 heavy (non-hydrogen) atoms. The van der Waals surface area contributed by atoms with E-state index in [2.05, 4.69) is 18.7 Å². The fourth-order valence-corrected chi connectivity index (χ4v) is 4.87. The molecule has 1 aliphatic rings. The van der Waals surface area contributed by atoms with Crippen molar-refractivity contribution in [1.29, 1.82) is 5.41 Å². The number of rotatable bonds is 6. The Morgan fingerprint density at radius 2 is 1.64 bits per heavy atom. The molecule has 1 amide bonds. The topological polar surface area (TPSA) is 74.3 Å². The van der Waals surface area contributed by atoms with Gasteiger partial charge in [-0.1, -0.05) is 30.3 Å². The summed E-state index contributed by atoms with van der Waals surface area (Å²) in [4.78, 5) is 30.5. The van der Waals surface area contributed by atoms with E-state index in [4.69, 9.17) is 5.41 Å². The minimum atomic E-state index is -0.358. The number of carbonyl (C=O) groups excluding carboxylic acids is 1. The second kappa shape index (κ2) is 9.15. The van der Waals surface area contributed by atoms with Crippen LogP contribution in [0.25, 0.3) is 11.8 Å². The summed E-state index contributed by atoms with van der Waals surface area (Å²) < 4.78 is 3.23. The zero-order chi connectivity index (χ0) is 23.7. The number of para-hydroxylation sites is 1. The second-order valence-electron chi connectivity index (χ2n) is 7.73. The zero-order valence-corrected chi connectivity index (χ0v) is 20.0. The van der Waals surface area contributed by atoms with Crippen LogP contribution in [0.1, 0.15) is 25.1 Å². The van der Waals surface area contributed by atoms with E-state index >= 15 is 0 Å². The number of amides is 1. The Morgan fingerprint density at radius 1 is 1.00 bits per heavy atom. The van der Waals surface area contributed by atoms with Crippen LogP contribution in [0.5, 0.6) is 0 Å². The summed E-state index contributed by atoms with van der Waals surface area (Å²) in [5.41, 5.74) is 3.21. The van der Waals surface area contributed by atoms with Crippen molar-refractivity contribution in [1.82, 2.24) is 9.36 Å². The van der Waals surface area contributed by atoms with Crippen molar-refractivity contribution < 1.29 is 4.79 Å². The summed E-state index contributed by atoms with van der Waals surface area (Å²) in [6.07, 6.45) is 1.78. The first-order valence-electron chi connectivity index (χ1n) is 10.9. The van der Waals surface area contributed by atoms with Crippen molar-refractivity contribution in [3.05, 3.63) is 81.1 Å². The molecule has 4 rings (SSSR count). The van der Waals surface area contributed by atoms with Crippen LogP contribution < -0.4 is 15.4 Å². The summed E-state index contributed by atoms with van der Waals surface area (Å²) in [6.45, 7) is 7.87. The summed E-state index contributed by atoms with van der Waals surface area (Å²) >= 11 is 1.07. The van der Waals surface area contributed by atoms with Gasteiger partial charge in [0.1, 0.15) is 5.69 Å². The Bertz CT molecular complexity index is 1280. The second-order valence-corrected chi connectivity index (χ2v) is 8.76. The van der Waals surface area contributed by atoms with E-state index in [9.17, 15) is 9.59 Å². The molecule has 1 saturated heterocycles. The van der Waals surface area contributed by atoms with Gasteiger partial charge in [-0.15, -0.1) is 0 Å². The summed E-state index contributed by atoms with van der Waals surface area (Å²) in [5, 5.41) is 8.48. The van der Waals surface area contributed by atoms with Crippen molar-refractivity contribution in [3.8, 4) is 5.69 Å². The van der Waals surface area contributed by atoms with E-state index in [1.165, 1.54) is 9.58 Å². The number of anilines is 2. The first kappa shape index (κ1) is 22.7. The van der Waals surface area contributed by atoms with E-state index in [0.717, 1.165) is 36.1 Å². The van der Waals surface area contributed by atoms with Crippen LogP contribution in [0.4, 0.5) is 11.4 Å². The molecule has 1 aliphatic heterocycles. The SMILES string of the molecule is CCN(CC)c1ccc(C=C2SC(=N)N(c3c(C)n(C)n(-c4ccccc4)c3=O)C2=O)cc1. The Kier molecular flexibility index (Phi) is 6.29. The smallest absolute Gasteiger partial charge is 0.296 e. The predicted octanol–water partition coefficient (Wildman–Crippen LogP) is 4.39. The highest BCUT2D eigenvalue weighted by atomic mass is 32.2. The van der Waals surface area contributed by atoms with E-state index in [1.807, 2.05) is 54.6 Å². The molecule has 0 bridgehead atoms. The van der Waals surface area contributed by atoms with Gasteiger partial charge in [-0.3, -0.25) is 19.7 Å². The molecule has 7 nitrogen and oxygen atoms in total. The van der Waals surface area contributed by atoms with Gasteiger partial charge >= 0.3 is 0 Å². The van der Waals surface area contributed by atoms with E-state index < -0.39 is 0 Å². The van der Waals surface area contributed by atoms with E-state index in [1.54, 1.807) is 24.7 Å². The van der Waals surface area contributed by atoms with E-state index in [0.29, 0.717) is 16.3 Å². The monoisotopic (exact) mass is 461 g/mol. The molecule has 0 spiro atoms. The lowest BCUT2D eigenvalue weighted by Crippen LogP contribution is -2.33. The Balaban J connectivity index is 1.68. The zero-order valence-electron chi connectivity index (χ0n) is 19.2. The van der Waals surface area contributed by atoms with Crippen molar-refractivity contribution >= 4 is 40.3 Å². The van der Waals surface area contributed by atoms with Crippen molar-refractivity contribution in [2.75, 3.05) is 22.9 Å². The third-order valence-electron chi connectivity index (χ3n) is 5.89. The van der Waals surface area contributed by atoms with Gasteiger partial charge in [-0.2, -0.15) is 0 Å². The van der Waals surface area contributed by atoms with Crippen LogP contribution in [-0.4, -0.2) is 33.5 Å². The highest BCUT2D eigenvalue weighted by Crippen LogP contribution is 2.35. The van der Waals surface area contributed by atoms with Crippen LogP contribution >= 0.6 is 11.8 Å². The van der Waals surface area contributed by atoms with Crippen LogP contribution in [-0.2, 0) is 11.8 Å². The molecule has 2 heterocycles. The molecule has 2 aromatic carbocycles. The summed E-state index contributed by atoms with van der Waals surface area (Å²) in [7, 11) is 1.78. The highest BCUT2D eigenvalue weighted by Gasteiger charge is 2.37. The number of nitrogens with one attached hydrogen (secondary N) is 1. The fraction of sp³-hybridized carbons (Fsp3) is 0.240. The molecule has 1 aromatic heterocycles. The predicted molar refractivity (Wildman–Crippen MR) is 137 cm³/mol. The Hall–Kier alpha value is -3.52. The van der Waals surface area contributed by atoms with Crippen LogP contribution in [0.15, 0.2) is 64.3 Å². The third kappa shape index (κ3) is 4.02. The lowest BCUT2D eigenvalue weighted by atomic mass is 10.1. The molecular formula is C25H27N5O2S. The molecule has 0 unspecified atom stereocenters. The molecule has 0 saturated carbocycles. The minimum absolute atomic E-state index is 0.0250. The van der Waals surface area contributed by atoms with Crippen LogP contribution in [0.3, 0.4) is 0 Å². The molecule has 3 aromatic rings. The molecule has 1 N–H and O–H groups in total. The van der Waals surface area contributed by atoms with Crippen LogP contribution in [0, 0.1) is 12.3 Å². The normalized spacial score (nSPS) is 15.0. The maximum absolute atomic E-state index is 13.3. The largest absolute Gasteiger partial charge is 0.372 e. The van der Waals surface area contributed by atoms with Gasteiger partial charge < -0.3 is 4.90 Å². The number of nitrogens with zero attached hydrogens (tertiary/aromatic N) is 4. The average Bonchev–Trinajstić information content (AvgIpc) is 3.21. The Morgan fingerprint density at radius 3 is 2.24 bits per heavy atom.